The minimum absolute atomic E-state index is 0.122. The Bertz CT molecular complexity index is 885. The largest absolute Gasteiger partial charge is 0.343 e. The average molecular weight is 380 g/mol. The lowest BCUT2D eigenvalue weighted by Crippen LogP contribution is -2.31. The second-order valence-corrected chi connectivity index (χ2v) is 8.14. The van der Waals surface area contributed by atoms with Crippen LogP contribution in [0.15, 0.2) is 30.3 Å². The number of nitrogens with zero attached hydrogens (tertiary/aromatic N) is 2. The standard InChI is InChI=1S/C23H29N3O2/c1-16-19(12-22(28)25-11-10-18(13-24)14-25)23-20(8-5-9-21(23)27)26(16)15-17-6-3-2-4-7-17/h2-4,6-7,18H,5,8-15,24H2,1H3/t18-/m1/s1. The normalized spacial score (nSPS) is 19.1. The van der Waals surface area contributed by atoms with Crippen molar-refractivity contribution in [1.29, 1.82) is 0 Å². The fraction of sp³-hybridized carbons (Fsp3) is 0.478. The number of nitrogens with two attached hydrogens (primary N) is 1. The molecular weight excluding hydrogens is 350 g/mol. The first-order valence-electron chi connectivity index (χ1n) is 10.3. The summed E-state index contributed by atoms with van der Waals surface area (Å²) in [6.07, 6.45) is 3.68. The van der Waals surface area contributed by atoms with Gasteiger partial charge in [-0.05, 0) is 49.8 Å². The topological polar surface area (TPSA) is 68.3 Å². The molecule has 148 valence electrons. The van der Waals surface area contributed by atoms with Crippen LogP contribution >= 0.6 is 0 Å². The van der Waals surface area contributed by atoms with Gasteiger partial charge in [-0.3, -0.25) is 9.59 Å². The SMILES string of the molecule is Cc1c(CC(=O)N2CC[C@H](CN)C2)c2c(n1Cc1ccccc1)CCCC2=O. The van der Waals surface area contributed by atoms with Gasteiger partial charge in [0.05, 0.1) is 6.42 Å². The number of carbonyl (C=O) groups excluding carboxylic acids is 2. The van der Waals surface area contributed by atoms with E-state index in [-0.39, 0.29) is 11.7 Å². The predicted octanol–water partition coefficient (Wildman–Crippen LogP) is 2.71. The Balaban J connectivity index is 1.65. The third-order valence-electron chi connectivity index (χ3n) is 6.34. The lowest BCUT2D eigenvalue weighted by atomic mass is 9.92. The molecule has 1 saturated heterocycles. The molecule has 1 aromatic heterocycles. The van der Waals surface area contributed by atoms with E-state index in [9.17, 15) is 9.59 Å². The van der Waals surface area contributed by atoms with E-state index >= 15 is 0 Å². The first-order valence-corrected chi connectivity index (χ1v) is 10.3. The summed E-state index contributed by atoms with van der Waals surface area (Å²) in [5.41, 5.74) is 10.9. The van der Waals surface area contributed by atoms with Crippen molar-refractivity contribution in [3.63, 3.8) is 0 Å². The van der Waals surface area contributed by atoms with E-state index in [4.69, 9.17) is 5.73 Å². The molecule has 1 aliphatic carbocycles. The second-order valence-electron chi connectivity index (χ2n) is 8.14. The number of amides is 1. The van der Waals surface area contributed by atoms with Gasteiger partial charge in [0.1, 0.15) is 0 Å². The highest BCUT2D eigenvalue weighted by Gasteiger charge is 2.31. The first-order chi connectivity index (χ1) is 13.6. The van der Waals surface area contributed by atoms with Crippen LogP contribution in [-0.4, -0.2) is 40.8 Å². The Morgan fingerprint density at radius 1 is 1.21 bits per heavy atom. The smallest absolute Gasteiger partial charge is 0.227 e. The fourth-order valence-corrected chi connectivity index (χ4v) is 4.70. The number of likely N-dealkylation sites (tertiary alicyclic amines) is 1. The van der Waals surface area contributed by atoms with E-state index in [0.717, 1.165) is 61.4 Å². The molecule has 28 heavy (non-hydrogen) atoms. The van der Waals surface area contributed by atoms with Gasteiger partial charge in [0.25, 0.3) is 0 Å². The van der Waals surface area contributed by atoms with Crippen molar-refractivity contribution in [2.45, 2.75) is 45.6 Å². The molecule has 2 aliphatic rings. The van der Waals surface area contributed by atoms with Crippen molar-refractivity contribution in [3.8, 4) is 0 Å². The van der Waals surface area contributed by atoms with Gasteiger partial charge >= 0.3 is 0 Å². The van der Waals surface area contributed by atoms with Gasteiger partial charge in [-0.15, -0.1) is 0 Å². The maximum Gasteiger partial charge on any atom is 0.227 e. The van der Waals surface area contributed by atoms with Crippen molar-refractivity contribution >= 4 is 11.7 Å². The van der Waals surface area contributed by atoms with Crippen LogP contribution in [0, 0.1) is 12.8 Å². The number of ketones is 1. The van der Waals surface area contributed by atoms with E-state index < -0.39 is 0 Å². The van der Waals surface area contributed by atoms with Gasteiger partial charge in [0.2, 0.25) is 5.91 Å². The lowest BCUT2D eigenvalue weighted by molar-refractivity contribution is -0.129. The van der Waals surface area contributed by atoms with Crippen LogP contribution in [0.25, 0.3) is 0 Å². The van der Waals surface area contributed by atoms with Gasteiger partial charge in [-0.2, -0.15) is 0 Å². The number of carbonyl (C=O) groups is 2. The second kappa shape index (κ2) is 7.92. The van der Waals surface area contributed by atoms with Crippen molar-refractivity contribution in [3.05, 3.63) is 58.4 Å². The summed E-state index contributed by atoms with van der Waals surface area (Å²) in [6, 6.07) is 10.3. The summed E-state index contributed by atoms with van der Waals surface area (Å²) >= 11 is 0. The van der Waals surface area contributed by atoms with E-state index in [1.165, 1.54) is 5.56 Å². The molecule has 5 heteroatoms. The van der Waals surface area contributed by atoms with Crippen LogP contribution < -0.4 is 5.73 Å². The molecule has 4 rings (SSSR count). The summed E-state index contributed by atoms with van der Waals surface area (Å²) in [6.45, 7) is 4.96. The average Bonchev–Trinajstić information content (AvgIpc) is 3.29. The lowest BCUT2D eigenvalue weighted by Gasteiger charge is -2.17. The molecule has 0 unspecified atom stereocenters. The van der Waals surface area contributed by atoms with Gasteiger partial charge in [-0.25, -0.2) is 0 Å². The highest BCUT2D eigenvalue weighted by Crippen LogP contribution is 2.31. The van der Waals surface area contributed by atoms with Crippen LogP contribution in [0.4, 0.5) is 0 Å². The molecule has 1 amide bonds. The molecule has 5 nitrogen and oxygen atoms in total. The number of fused-ring (bicyclic) bond motifs is 1. The molecule has 1 aliphatic heterocycles. The Morgan fingerprint density at radius 2 is 2.00 bits per heavy atom. The summed E-state index contributed by atoms with van der Waals surface area (Å²) in [5, 5.41) is 0. The number of aromatic nitrogens is 1. The van der Waals surface area contributed by atoms with Crippen molar-refractivity contribution < 1.29 is 9.59 Å². The third-order valence-corrected chi connectivity index (χ3v) is 6.34. The van der Waals surface area contributed by atoms with Crippen molar-refractivity contribution in [2.75, 3.05) is 19.6 Å². The summed E-state index contributed by atoms with van der Waals surface area (Å²) < 4.78 is 2.26. The van der Waals surface area contributed by atoms with E-state index in [1.54, 1.807) is 0 Å². The molecule has 1 aromatic carbocycles. The Hall–Kier alpha value is -2.40. The Morgan fingerprint density at radius 3 is 2.71 bits per heavy atom. The van der Waals surface area contributed by atoms with E-state index in [0.29, 0.717) is 25.3 Å². The number of hydrogen-bond acceptors (Lipinski definition) is 3. The zero-order valence-corrected chi connectivity index (χ0v) is 16.6. The van der Waals surface area contributed by atoms with Crippen LogP contribution in [0.1, 0.15) is 52.1 Å². The minimum Gasteiger partial charge on any atom is -0.343 e. The first kappa shape index (κ1) is 18.9. The molecule has 1 fully saturated rings. The van der Waals surface area contributed by atoms with E-state index in [2.05, 4.69) is 23.6 Å². The van der Waals surface area contributed by atoms with Crippen molar-refractivity contribution in [1.82, 2.24) is 9.47 Å². The minimum atomic E-state index is 0.122. The van der Waals surface area contributed by atoms with Crippen LogP contribution in [0.5, 0.6) is 0 Å². The Kier molecular flexibility index (Phi) is 5.36. The highest BCUT2D eigenvalue weighted by atomic mass is 16.2. The molecule has 2 N–H and O–H groups in total. The van der Waals surface area contributed by atoms with Gasteiger partial charge in [0, 0.05) is 43.0 Å². The fourth-order valence-electron chi connectivity index (χ4n) is 4.70. The van der Waals surface area contributed by atoms with E-state index in [1.807, 2.05) is 23.1 Å². The molecule has 0 radical (unpaired) electrons. The zero-order chi connectivity index (χ0) is 19.7. The number of hydrogen-bond donors (Lipinski definition) is 1. The summed E-state index contributed by atoms with van der Waals surface area (Å²) in [7, 11) is 0. The monoisotopic (exact) mass is 379 g/mol. The molecule has 0 saturated carbocycles. The number of benzene rings is 1. The van der Waals surface area contributed by atoms with Gasteiger partial charge < -0.3 is 15.2 Å². The number of Topliss-reactive ketones (excluding diaryl/α,β-unsaturated/α-hetero) is 1. The molecule has 0 bridgehead atoms. The zero-order valence-electron chi connectivity index (χ0n) is 16.6. The highest BCUT2D eigenvalue weighted by molar-refractivity contribution is 6.01. The van der Waals surface area contributed by atoms with Crippen LogP contribution in [-0.2, 0) is 24.2 Å². The quantitative estimate of drug-likeness (QED) is 0.868. The molecular formula is C23H29N3O2. The predicted molar refractivity (Wildman–Crippen MR) is 109 cm³/mol. The molecule has 2 heterocycles. The van der Waals surface area contributed by atoms with Gasteiger partial charge in [-0.1, -0.05) is 30.3 Å². The maximum absolute atomic E-state index is 13.0. The molecule has 1 atom stereocenters. The maximum atomic E-state index is 13.0. The van der Waals surface area contributed by atoms with Crippen LogP contribution in [0.2, 0.25) is 0 Å². The third kappa shape index (κ3) is 3.51. The Labute approximate surface area is 166 Å². The number of rotatable bonds is 5. The van der Waals surface area contributed by atoms with Crippen molar-refractivity contribution in [2.24, 2.45) is 11.7 Å². The van der Waals surface area contributed by atoms with Gasteiger partial charge in [0.15, 0.2) is 5.78 Å². The summed E-state index contributed by atoms with van der Waals surface area (Å²) in [5.74, 6) is 0.723. The summed E-state index contributed by atoms with van der Waals surface area (Å²) in [4.78, 5) is 27.6. The molecule has 2 aromatic rings. The van der Waals surface area contributed by atoms with Crippen LogP contribution in [0.3, 0.4) is 0 Å². The molecule has 0 spiro atoms.